The Balaban J connectivity index is 1.97. The summed E-state index contributed by atoms with van der Waals surface area (Å²) in [6.45, 7) is 3.52. The second kappa shape index (κ2) is 7.31. The Labute approximate surface area is 130 Å². The summed E-state index contributed by atoms with van der Waals surface area (Å²) in [6.07, 6.45) is 7.43. The minimum absolute atomic E-state index is 0.0772. The van der Waals surface area contributed by atoms with Crippen molar-refractivity contribution in [3.63, 3.8) is 0 Å². The Hall–Kier alpha value is -1.01. The molecule has 0 bridgehead atoms. The molecule has 3 atom stereocenters. The van der Waals surface area contributed by atoms with Crippen LogP contribution in [0.15, 0.2) is 12.4 Å². The number of aryl methyl sites for hydroxylation is 1. The summed E-state index contributed by atoms with van der Waals surface area (Å²) < 4.78 is 1.85. The van der Waals surface area contributed by atoms with Crippen LogP contribution >= 0.6 is 11.8 Å². The van der Waals surface area contributed by atoms with Gasteiger partial charge >= 0.3 is 0 Å². The van der Waals surface area contributed by atoms with Crippen LogP contribution in [0, 0.1) is 5.92 Å². The van der Waals surface area contributed by atoms with Crippen LogP contribution in [0.1, 0.15) is 38.1 Å². The largest absolute Gasteiger partial charge is 0.385 e. The molecule has 5 nitrogen and oxygen atoms in total. The summed E-state index contributed by atoms with van der Waals surface area (Å²) in [5, 5.41) is 10.9. The molecule has 0 aromatic carbocycles. The number of likely N-dealkylation sites (tertiary alicyclic amines) is 1. The van der Waals surface area contributed by atoms with Gasteiger partial charge in [-0.15, -0.1) is 0 Å². The minimum Gasteiger partial charge on any atom is -0.385 e. The van der Waals surface area contributed by atoms with Crippen molar-refractivity contribution in [1.82, 2.24) is 14.5 Å². The fourth-order valence-corrected chi connectivity index (χ4v) is 3.13. The van der Waals surface area contributed by atoms with Gasteiger partial charge in [0.25, 0.3) is 0 Å². The monoisotopic (exact) mass is 311 g/mol. The molecular formula is C15H25N3O2S. The lowest BCUT2D eigenvalue weighted by Gasteiger charge is -2.35. The molecular weight excluding hydrogens is 286 g/mol. The van der Waals surface area contributed by atoms with Crippen molar-refractivity contribution >= 4 is 17.7 Å². The highest BCUT2D eigenvalue weighted by Gasteiger charge is 2.31. The quantitative estimate of drug-likeness (QED) is 0.901. The molecule has 0 saturated carbocycles. The van der Waals surface area contributed by atoms with Crippen LogP contribution in [0.3, 0.4) is 0 Å². The van der Waals surface area contributed by atoms with E-state index in [9.17, 15) is 9.90 Å². The number of amides is 1. The second-order valence-electron chi connectivity index (χ2n) is 5.83. The highest BCUT2D eigenvalue weighted by Crippen LogP contribution is 2.29. The van der Waals surface area contributed by atoms with Crippen LogP contribution in [-0.2, 0) is 11.8 Å². The number of aliphatic hydroxyl groups excluding tert-OH is 1. The van der Waals surface area contributed by atoms with Gasteiger partial charge in [0, 0.05) is 50.1 Å². The van der Waals surface area contributed by atoms with Gasteiger partial charge in [-0.3, -0.25) is 4.79 Å². The number of piperidine rings is 1. The molecule has 2 rings (SSSR count). The van der Waals surface area contributed by atoms with Crippen molar-refractivity contribution in [2.75, 3.05) is 19.3 Å². The first-order valence-electron chi connectivity index (χ1n) is 7.48. The summed E-state index contributed by atoms with van der Waals surface area (Å²) in [7, 11) is 1.89. The predicted molar refractivity (Wildman–Crippen MR) is 85.1 cm³/mol. The van der Waals surface area contributed by atoms with Gasteiger partial charge in [-0.25, -0.2) is 4.98 Å². The van der Waals surface area contributed by atoms with Crippen LogP contribution in [0.2, 0.25) is 0 Å². The molecule has 1 fully saturated rings. The lowest BCUT2D eigenvalue weighted by atomic mass is 9.91. The molecule has 0 radical (unpaired) electrons. The number of carbonyl (C=O) groups excluding carboxylic acids is 1. The average molecular weight is 311 g/mol. The van der Waals surface area contributed by atoms with Gasteiger partial charge in [0.2, 0.25) is 5.91 Å². The zero-order valence-electron chi connectivity index (χ0n) is 13.0. The molecule has 6 heteroatoms. The molecule has 1 aliphatic rings. The van der Waals surface area contributed by atoms with E-state index in [1.54, 1.807) is 18.0 Å². The topological polar surface area (TPSA) is 58.4 Å². The molecule has 0 aliphatic carbocycles. The Morgan fingerprint density at radius 3 is 3.00 bits per heavy atom. The smallest absolute Gasteiger partial charge is 0.223 e. The van der Waals surface area contributed by atoms with E-state index in [4.69, 9.17) is 0 Å². The zero-order chi connectivity index (χ0) is 15.4. The lowest BCUT2D eigenvalue weighted by Crippen LogP contribution is -2.42. The van der Waals surface area contributed by atoms with Crippen molar-refractivity contribution in [1.29, 1.82) is 0 Å². The number of aliphatic hydroxyl groups is 1. The van der Waals surface area contributed by atoms with Gasteiger partial charge in [0.15, 0.2) is 0 Å². The maximum absolute atomic E-state index is 12.3. The highest BCUT2D eigenvalue weighted by molar-refractivity contribution is 7.99. The molecule has 1 saturated heterocycles. The Morgan fingerprint density at radius 1 is 1.62 bits per heavy atom. The van der Waals surface area contributed by atoms with E-state index >= 15 is 0 Å². The van der Waals surface area contributed by atoms with Gasteiger partial charge in [-0.2, -0.15) is 11.8 Å². The predicted octanol–water partition coefficient (Wildman–Crippen LogP) is 1.83. The molecule has 1 N–H and O–H groups in total. The molecule has 3 unspecified atom stereocenters. The fourth-order valence-electron chi connectivity index (χ4n) is 2.83. The Kier molecular flexibility index (Phi) is 5.70. The highest BCUT2D eigenvalue weighted by atomic mass is 32.2. The van der Waals surface area contributed by atoms with Gasteiger partial charge in [-0.1, -0.05) is 6.92 Å². The van der Waals surface area contributed by atoms with Crippen molar-refractivity contribution in [3.05, 3.63) is 18.2 Å². The number of thioether (sulfide) groups is 1. The third kappa shape index (κ3) is 4.01. The van der Waals surface area contributed by atoms with E-state index in [0.29, 0.717) is 24.0 Å². The third-order valence-corrected chi connectivity index (χ3v) is 5.22. The van der Waals surface area contributed by atoms with Crippen molar-refractivity contribution < 1.29 is 9.90 Å². The van der Waals surface area contributed by atoms with E-state index in [2.05, 4.69) is 11.9 Å². The molecule has 1 aliphatic heterocycles. The summed E-state index contributed by atoms with van der Waals surface area (Å²) in [5.74, 6) is 0.966. The first kappa shape index (κ1) is 16.4. The number of hydrogen-bond acceptors (Lipinski definition) is 4. The average Bonchev–Trinajstić information content (AvgIpc) is 2.92. The third-order valence-electron chi connectivity index (χ3n) is 4.24. The normalized spacial score (nSPS) is 22.1. The fraction of sp³-hybridized carbons (Fsp3) is 0.733. The van der Waals surface area contributed by atoms with Crippen molar-refractivity contribution in [2.24, 2.45) is 13.0 Å². The van der Waals surface area contributed by atoms with Crippen LogP contribution in [0.4, 0.5) is 0 Å². The first-order valence-corrected chi connectivity index (χ1v) is 8.77. The molecule has 2 heterocycles. The van der Waals surface area contributed by atoms with Crippen molar-refractivity contribution in [2.45, 2.75) is 37.5 Å². The number of rotatable bonds is 5. The number of imidazole rings is 1. The molecule has 0 spiro atoms. The summed E-state index contributed by atoms with van der Waals surface area (Å²) in [4.78, 5) is 18.4. The molecule has 21 heavy (non-hydrogen) atoms. The van der Waals surface area contributed by atoms with Crippen molar-refractivity contribution in [3.8, 4) is 0 Å². The van der Waals surface area contributed by atoms with E-state index in [1.807, 2.05) is 29.0 Å². The zero-order valence-corrected chi connectivity index (χ0v) is 13.8. The number of aromatic nitrogens is 2. The van der Waals surface area contributed by atoms with E-state index < -0.39 is 6.10 Å². The van der Waals surface area contributed by atoms with Crippen LogP contribution in [0.25, 0.3) is 0 Å². The van der Waals surface area contributed by atoms with Crippen LogP contribution < -0.4 is 0 Å². The second-order valence-corrected chi connectivity index (χ2v) is 7.11. The van der Waals surface area contributed by atoms with Gasteiger partial charge in [-0.05, 0) is 19.1 Å². The SMILES string of the molecule is CSC(C)CC(=O)N1CCCC(C(O)c2nccn2C)C1. The first-order chi connectivity index (χ1) is 10.0. The molecule has 1 aromatic heterocycles. The maximum Gasteiger partial charge on any atom is 0.223 e. The van der Waals surface area contributed by atoms with Gasteiger partial charge < -0.3 is 14.6 Å². The molecule has 118 valence electrons. The van der Waals surface area contributed by atoms with Gasteiger partial charge in [0.1, 0.15) is 11.9 Å². The lowest BCUT2D eigenvalue weighted by molar-refractivity contribution is -0.133. The standard InChI is InChI=1S/C15H25N3O2S/c1-11(21-3)9-13(19)18-7-4-5-12(10-18)14(20)15-16-6-8-17(15)2/h6,8,11-12,14,20H,4-5,7,9-10H2,1-3H3. The molecule has 1 aromatic rings. The number of nitrogens with zero attached hydrogens (tertiary/aromatic N) is 3. The van der Waals surface area contributed by atoms with E-state index in [-0.39, 0.29) is 11.8 Å². The summed E-state index contributed by atoms with van der Waals surface area (Å²) in [6, 6.07) is 0. The van der Waals surface area contributed by atoms with E-state index in [0.717, 1.165) is 19.4 Å². The maximum atomic E-state index is 12.3. The Bertz CT molecular complexity index is 477. The minimum atomic E-state index is -0.599. The number of hydrogen-bond donors (Lipinski definition) is 1. The van der Waals surface area contributed by atoms with Crippen LogP contribution in [-0.4, -0.2) is 50.1 Å². The van der Waals surface area contributed by atoms with Crippen LogP contribution in [0.5, 0.6) is 0 Å². The Morgan fingerprint density at radius 2 is 2.38 bits per heavy atom. The van der Waals surface area contributed by atoms with E-state index in [1.165, 1.54) is 0 Å². The van der Waals surface area contributed by atoms with Gasteiger partial charge in [0.05, 0.1) is 0 Å². The number of carbonyl (C=O) groups is 1. The summed E-state index contributed by atoms with van der Waals surface area (Å²) in [5.41, 5.74) is 0. The summed E-state index contributed by atoms with van der Waals surface area (Å²) >= 11 is 1.71. The molecule has 1 amide bonds.